The van der Waals surface area contributed by atoms with Crippen molar-refractivity contribution in [3.05, 3.63) is 71.4 Å². The minimum atomic E-state index is 0.592. The van der Waals surface area contributed by atoms with Crippen LogP contribution in [0.25, 0.3) is 10.9 Å². The lowest BCUT2D eigenvalue weighted by molar-refractivity contribution is 0.792. The number of rotatable bonds is 3. The number of fused-ring (bicyclic) bond motifs is 1. The third kappa shape index (κ3) is 2.15. The number of para-hydroxylation sites is 1. The Kier molecular flexibility index (Phi) is 3.10. The Bertz CT molecular complexity index is 710. The predicted molar refractivity (Wildman–Crippen MR) is 80.1 cm³/mol. The second kappa shape index (κ2) is 4.90. The largest absolute Gasteiger partial charge is 0.340 e. The molecule has 2 N–H and O–H groups in total. The van der Waals surface area contributed by atoms with Crippen LogP contribution in [0.5, 0.6) is 0 Å². The highest BCUT2D eigenvalue weighted by Gasteiger charge is 2.07. The summed E-state index contributed by atoms with van der Waals surface area (Å²) < 4.78 is 2.35. The van der Waals surface area contributed by atoms with Crippen molar-refractivity contribution in [3.63, 3.8) is 0 Å². The summed E-state index contributed by atoms with van der Waals surface area (Å²) in [6.07, 6.45) is 0. The van der Waals surface area contributed by atoms with E-state index >= 15 is 0 Å². The molecular weight excluding hydrogens is 232 g/mol. The molecule has 2 nitrogen and oxygen atoms in total. The first kappa shape index (κ1) is 12.0. The molecule has 1 heterocycles. The maximum Gasteiger partial charge on any atom is 0.0485 e. The summed E-state index contributed by atoms with van der Waals surface area (Å²) in [5.41, 5.74) is 10.9. The molecule has 0 bridgehead atoms. The van der Waals surface area contributed by atoms with Gasteiger partial charge in [0.15, 0.2) is 0 Å². The molecule has 3 aromatic rings. The smallest absolute Gasteiger partial charge is 0.0485 e. The summed E-state index contributed by atoms with van der Waals surface area (Å²) in [5, 5.41) is 1.30. The summed E-state index contributed by atoms with van der Waals surface area (Å²) >= 11 is 0. The minimum Gasteiger partial charge on any atom is -0.340 e. The van der Waals surface area contributed by atoms with Gasteiger partial charge in [0.2, 0.25) is 0 Å². The van der Waals surface area contributed by atoms with E-state index in [1.807, 2.05) is 6.07 Å². The quantitative estimate of drug-likeness (QED) is 0.758. The van der Waals surface area contributed by atoms with Crippen molar-refractivity contribution in [2.45, 2.75) is 20.0 Å². The van der Waals surface area contributed by atoms with E-state index in [2.05, 4.69) is 60.0 Å². The monoisotopic (exact) mass is 250 g/mol. The van der Waals surface area contributed by atoms with Gasteiger partial charge in [-0.3, -0.25) is 0 Å². The number of hydrogen-bond donors (Lipinski definition) is 1. The zero-order valence-electron chi connectivity index (χ0n) is 11.1. The second-order valence-corrected chi connectivity index (χ2v) is 4.90. The van der Waals surface area contributed by atoms with Gasteiger partial charge in [-0.15, -0.1) is 0 Å². The Morgan fingerprint density at radius 3 is 2.42 bits per heavy atom. The van der Waals surface area contributed by atoms with Crippen LogP contribution in [-0.4, -0.2) is 4.57 Å². The first-order valence-electron chi connectivity index (χ1n) is 6.61. The zero-order chi connectivity index (χ0) is 13.2. The van der Waals surface area contributed by atoms with Crippen LogP contribution in [-0.2, 0) is 13.1 Å². The number of aryl methyl sites for hydroxylation is 1. The van der Waals surface area contributed by atoms with Crippen LogP contribution in [0, 0.1) is 6.92 Å². The van der Waals surface area contributed by atoms with E-state index in [1.165, 1.54) is 27.7 Å². The van der Waals surface area contributed by atoms with E-state index in [4.69, 9.17) is 5.73 Å². The Morgan fingerprint density at radius 2 is 1.63 bits per heavy atom. The van der Waals surface area contributed by atoms with Crippen molar-refractivity contribution in [3.8, 4) is 0 Å². The molecule has 0 radical (unpaired) electrons. The maximum atomic E-state index is 5.82. The second-order valence-electron chi connectivity index (χ2n) is 4.90. The van der Waals surface area contributed by atoms with Gasteiger partial charge in [-0.05, 0) is 35.6 Å². The first-order valence-corrected chi connectivity index (χ1v) is 6.61. The highest BCUT2D eigenvalue weighted by atomic mass is 15.0. The molecule has 96 valence electrons. The highest BCUT2D eigenvalue weighted by molar-refractivity contribution is 5.81. The first-order chi connectivity index (χ1) is 9.29. The van der Waals surface area contributed by atoms with Crippen molar-refractivity contribution in [1.82, 2.24) is 4.57 Å². The molecule has 1 aromatic heterocycles. The van der Waals surface area contributed by atoms with Crippen LogP contribution in [0.4, 0.5) is 0 Å². The average Bonchev–Trinajstić information content (AvgIpc) is 2.76. The van der Waals surface area contributed by atoms with E-state index in [0.29, 0.717) is 6.54 Å². The fourth-order valence-corrected chi connectivity index (χ4v) is 2.64. The molecule has 19 heavy (non-hydrogen) atoms. The van der Waals surface area contributed by atoms with Crippen molar-refractivity contribution in [2.24, 2.45) is 5.73 Å². The van der Waals surface area contributed by atoms with E-state index in [0.717, 1.165) is 6.54 Å². The van der Waals surface area contributed by atoms with Crippen molar-refractivity contribution in [2.75, 3.05) is 0 Å². The maximum absolute atomic E-state index is 5.82. The van der Waals surface area contributed by atoms with Gasteiger partial charge in [-0.25, -0.2) is 0 Å². The Balaban J connectivity index is 2.08. The van der Waals surface area contributed by atoms with Crippen molar-refractivity contribution < 1.29 is 0 Å². The number of nitrogens with zero attached hydrogens (tertiary/aromatic N) is 1. The van der Waals surface area contributed by atoms with Crippen LogP contribution < -0.4 is 5.73 Å². The third-order valence-electron chi connectivity index (χ3n) is 3.68. The van der Waals surface area contributed by atoms with E-state index in [1.54, 1.807) is 0 Å². The summed E-state index contributed by atoms with van der Waals surface area (Å²) in [6, 6.07) is 19.1. The molecule has 2 heteroatoms. The molecule has 2 aromatic carbocycles. The van der Waals surface area contributed by atoms with Gasteiger partial charge in [0.1, 0.15) is 0 Å². The molecule has 0 spiro atoms. The number of nitrogens with two attached hydrogens (primary N) is 1. The molecule has 0 amide bonds. The van der Waals surface area contributed by atoms with Crippen LogP contribution in [0.2, 0.25) is 0 Å². The molecule has 0 saturated carbocycles. The average molecular weight is 250 g/mol. The molecular formula is C17H18N2. The normalized spacial score (nSPS) is 11.1. The molecule has 0 atom stereocenters. The lowest BCUT2D eigenvalue weighted by Gasteiger charge is -2.12. The van der Waals surface area contributed by atoms with Gasteiger partial charge in [-0.2, -0.15) is 0 Å². The molecule has 0 unspecified atom stereocenters. The predicted octanol–water partition coefficient (Wildman–Crippen LogP) is 3.46. The summed E-state index contributed by atoms with van der Waals surface area (Å²) in [7, 11) is 0. The Labute approximate surface area is 113 Å². The number of hydrogen-bond acceptors (Lipinski definition) is 1. The Hall–Kier alpha value is -2.06. The van der Waals surface area contributed by atoms with Crippen molar-refractivity contribution >= 4 is 10.9 Å². The van der Waals surface area contributed by atoms with Gasteiger partial charge < -0.3 is 10.3 Å². The standard InChI is InChI=1S/C17H18N2/c1-13-10-14-6-4-5-9-17(14)19(13)12-16-8-3-2-7-15(16)11-18/h2-10H,11-12,18H2,1H3. The molecule has 0 aliphatic carbocycles. The molecule has 0 aliphatic rings. The van der Waals surface area contributed by atoms with Crippen LogP contribution in [0.1, 0.15) is 16.8 Å². The van der Waals surface area contributed by atoms with Crippen LogP contribution >= 0.6 is 0 Å². The SMILES string of the molecule is Cc1cc2ccccc2n1Cc1ccccc1CN. The van der Waals surface area contributed by atoms with Crippen LogP contribution in [0.15, 0.2) is 54.6 Å². The van der Waals surface area contributed by atoms with E-state index < -0.39 is 0 Å². The highest BCUT2D eigenvalue weighted by Crippen LogP contribution is 2.21. The summed E-state index contributed by atoms with van der Waals surface area (Å²) in [4.78, 5) is 0. The third-order valence-corrected chi connectivity index (χ3v) is 3.68. The Morgan fingerprint density at radius 1 is 0.947 bits per heavy atom. The zero-order valence-corrected chi connectivity index (χ0v) is 11.1. The van der Waals surface area contributed by atoms with E-state index in [9.17, 15) is 0 Å². The van der Waals surface area contributed by atoms with Gasteiger partial charge in [0.05, 0.1) is 0 Å². The lowest BCUT2D eigenvalue weighted by Crippen LogP contribution is -2.07. The fourth-order valence-electron chi connectivity index (χ4n) is 2.64. The number of aromatic nitrogens is 1. The molecule has 0 saturated heterocycles. The summed E-state index contributed by atoms with van der Waals surface area (Å²) in [5.74, 6) is 0. The van der Waals surface area contributed by atoms with Gasteiger partial charge >= 0.3 is 0 Å². The van der Waals surface area contributed by atoms with Gasteiger partial charge in [0, 0.05) is 24.3 Å². The minimum absolute atomic E-state index is 0.592. The fraction of sp³-hybridized carbons (Fsp3) is 0.176. The molecule has 0 fully saturated rings. The molecule has 3 rings (SSSR count). The van der Waals surface area contributed by atoms with E-state index in [-0.39, 0.29) is 0 Å². The summed E-state index contributed by atoms with van der Waals surface area (Å²) in [6.45, 7) is 3.63. The lowest BCUT2D eigenvalue weighted by atomic mass is 10.1. The molecule has 0 aliphatic heterocycles. The topological polar surface area (TPSA) is 30.9 Å². The number of benzene rings is 2. The van der Waals surface area contributed by atoms with Crippen molar-refractivity contribution in [1.29, 1.82) is 0 Å². The van der Waals surface area contributed by atoms with Crippen LogP contribution in [0.3, 0.4) is 0 Å². The van der Waals surface area contributed by atoms with Gasteiger partial charge in [-0.1, -0.05) is 42.5 Å². The van der Waals surface area contributed by atoms with Gasteiger partial charge in [0.25, 0.3) is 0 Å².